The van der Waals surface area contributed by atoms with Gasteiger partial charge in [0.05, 0.1) is 15.9 Å². The lowest BCUT2D eigenvalue weighted by Gasteiger charge is -2.03. The van der Waals surface area contributed by atoms with Gasteiger partial charge in [0.15, 0.2) is 0 Å². The van der Waals surface area contributed by atoms with Gasteiger partial charge in [0.25, 0.3) is 0 Å². The van der Waals surface area contributed by atoms with Crippen molar-refractivity contribution in [3.05, 3.63) is 32.2 Å². The van der Waals surface area contributed by atoms with Crippen LogP contribution >= 0.6 is 50.7 Å². The second-order valence-corrected chi connectivity index (χ2v) is 3.86. The van der Waals surface area contributed by atoms with Gasteiger partial charge in [0.2, 0.25) is 0 Å². The molecule has 11 heavy (non-hydrogen) atoms. The van der Waals surface area contributed by atoms with Crippen LogP contribution in [0.1, 0.15) is 5.56 Å². The summed E-state index contributed by atoms with van der Waals surface area (Å²) < 4.78 is 0.891. The summed E-state index contributed by atoms with van der Waals surface area (Å²) in [5, 5.41) is 1.06. The van der Waals surface area contributed by atoms with Gasteiger partial charge < -0.3 is 0 Å². The molecule has 4 heteroatoms. The molecule has 1 aromatic rings. The third kappa shape index (κ3) is 2.03. The second-order valence-electron chi connectivity index (χ2n) is 1.96. The van der Waals surface area contributed by atoms with E-state index in [1.807, 2.05) is 6.07 Å². The lowest BCUT2D eigenvalue weighted by atomic mass is 10.2. The van der Waals surface area contributed by atoms with E-state index in [9.17, 15) is 0 Å². The Labute approximate surface area is 88.6 Å². The van der Waals surface area contributed by atoms with Crippen LogP contribution in [-0.2, 0) is 5.88 Å². The molecule has 1 rings (SSSR count). The van der Waals surface area contributed by atoms with Crippen LogP contribution in [0.15, 0.2) is 16.6 Å². The maximum absolute atomic E-state index is 5.85. The number of hydrogen-bond donors (Lipinski definition) is 0. The molecule has 0 radical (unpaired) electrons. The van der Waals surface area contributed by atoms with Crippen molar-refractivity contribution in [1.82, 2.24) is 0 Å². The molecule has 0 saturated carbocycles. The summed E-state index contributed by atoms with van der Waals surface area (Å²) in [4.78, 5) is 0. The minimum Gasteiger partial charge on any atom is -0.121 e. The van der Waals surface area contributed by atoms with Crippen molar-refractivity contribution >= 4 is 50.7 Å². The normalized spacial score (nSPS) is 10.2. The van der Waals surface area contributed by atoms with Crippen LogP contribution in [-0.4, -0.2) is 0 Å². The molecule has 0 fully saturated rings. The summed E-state index contributed by atoms with van der Waals surface area (Å²) in [6.07, 6.45) is 0. The molecule has 0 unspecified atom stereocenters. The average molecular weight is 274 g/mol. The molecule has 0 heterocycles. The van der Waals surface area contributed by atoms with Crippen molar-refractivity contribution in [2.45, 2.75) is 5.88 Å². The lowest BCUT2D eigenvalue weighted by Crippen LogP contribution is -1.83. The first-order valence-electron chi connectivity index (χ1n) is 2.85. The zero-order valence-corrected chi connectivity index (χ0v) is 9.23. The summed E-state index contributed by atoms with van der Waals surface area (Å²) in [5.74, 6) is 0.361. The molecule has 60 valence electrons. The molecular weight excluding hydrogens is 270 g/mol. The van der Waals surface area contributed by atoms with Crippen LogP contribution < -0.4 is 0 Å². The molecule has 0 aliphatic heterocycles. The fraction of sp³-hybridized carbons (Fsp3) is 0.143. The van der Waals surface area contributed by atoms with Crippen molar-refractivity contribution < 1.29 is 0 Å². The molecule has 0 bridgehead atoms. The maximum Gasteiger partial charge on any atom is 0.0647 e. The van der Waals surface area contributed by atoms with Gasteiger partial charge in [0.1, 0.15) is 0 Å². The Morgan fingerprint density at radius 2 is 1.91 bits per heavy atom. The maximum atomic E-state index is 5.85. The zero-order valence-electron chi connectivity index (χ0n) is 5.37. The van der Waals surface area contributed by atoms with E-state index in [1.165, 1.54) is 0 Å². The highest BCUT2D eigenvalue weighted by Gasteiger charge is 2.06. The highest BCUT2D eigenvalue weighted by molar-refractivity contribution is 9.10. The Bertz CT molecular complexity index is 273. The topological polar surface area (TPSA) is 0 Å². The Morgan fingerprint density at radius 3 is 2.36 bits per heavy atom. The van der Waals surface area contributed by atoms with Gasteiger partial charge in [-0.15, -0.1) is 11.6 Å². The van der Waals surface area contributed by atoms with Gasteiger partial charge in [-0.2, -0.15) is 0 Å². The SMILES string of the molecule is ClCc1c(Br)ccc(Cl)c1Cl. The monoisotopic (exact) mass is 272 g/mol. The fourth-order valence-electron chi connectivity index (χ4n) is 0.692. The molecule has 0 atom stereocenters. The number of halogens is 4. The standard InChI is InChI=1S/C7H4BrCl3/c8-5-1-2-6(10)7(11)4(5)3-9/h1-2H,3H2. The first-order valence-corrected chi connectivity index (χ1v) is 4.93. The summed E-state index contributed by atoms with van der Waals surface area (Å²) >= 11 is 20.6. The zero-order chi connectivity index (χ0) is 8.43. The van der Waals surface area contributed by atoms with Crippen LogP contribution in [0.3, 0.4) is 0 Å². The predicted molar refractivity (Wildman–Crippen MR) is 53.7 cm³/mol. The molecule has 0 aliphatic rings. The van der Waals surface area contributed by atoms with E-state index >= 15 is 0 Å². The molecule has 0 saturated heterocycles. The van der Waals surface area contributed by atoms with Crippen molar-refractivity contribution in [1.29, 1.82) is 0 Å². The highest BCUT2D eigenvalue weighted by Crippen LogP contribution is 2.32. The number of rotatable bonds is 1. The Hall–Kier alpha value is 0.570. The van der Waals surface area contributed by atoms with E-state index in [0.717, 1.165) is 10.0 Å². The third-order valence-corrected chi connectivity index (χ3v) is 3.13. The molecule has 1 aromatic carbocycles. The molecule has 0 spiro atoms. The van der Waals surface area contributed by atoms with E-state index in [0.29, 0.717) is 15.9 Å². The number of hydrogen-bond acceptors (Lipinski definition) is 0. The second kappa shape index (κ2) is 3.99. The first-order chi connectivity index (χ1) is 5.16. The van der Waals surface area contributed by atoms with E-state index in [1.54, 1.807) is 6.07 Å². The largest absolute Gasteiger partial charge is 0.121 e. The van der Waals surface area contributed by atoms with Crippen LogP contribution in [0, 0.1) is 0 Å². The average Bonchev–Trinajstić information content (AvgIpc) is 1.99. The van der Waals surface area contributed by atoms with Crippen LogP contribution in [0.25, 0.3) is 0 Å². The van der Waals surface area contributed by atoms with E-state index in [-0.39, 0.29) is 0 Å². The van der Waals surface area contributed by atoms with Gasteiger partial charge in [-0.1, -0.05) is 39.1 Å². The Kier molecular flexibility index (Phi) is 3.51. The molecule has 0 aliphatic carbocycles. The van der Waals surface area contributed by atoms with Crippen LogP contribution in [0.4, 0.5) is 0 Å². The first kappa shape index (κ1) is 9.66. The van der Waals surface area contributed by atoms with Gasteiger partial charge >= 0.3 is 0 Å². The number of benzene rings is 1. The number of alkyl halides is 1. The van der Waals surface area contributed by atoms with Crippen molar-refractivity contribution in [3.63, 3.8) is 0 Å². The van der Waals surface area contributed by atoms with Crippen molar-refractivity contribution in [3.8, 4) is 0 Å². The van der Waals surface area contributed by atoms with Crippen molar-refractivity contribution in [2.24, 2.45) is 0 Å². The smallest absolute Gasteiger partial charge is 0.0647 e. The third-order valence-electron chi connectivity index (χ3n) is 1.27. The van der Waals surface area contributed by atoms with Gasteiger partial charge in [-0.25, -0.2) is 0 Å². The molecule has 0 nitrogen and oxygen atoms in total. The van der Waals surface area contributed by atoms with Crippen LogP contribution in [0.2, 0.25) is 10.0 Å². The quantitative estimate of drug-likeness (QED) is 0.522. The minimum atomic E-state index is 0.361. The Morgan fingerprint density at radius 1 is 1.27 bits per heavy atom. The Balaban J connectivity index is 3.29. The highest BCUT2D eigenvalue weighted by atomic mass is 79.9. The van der Waals surface area contributed by atoms with E-state index in [2.05, 4.69) is 15.9 Å². The molecule has 0 aromatic heterocycles. The van der Waals surface area contributed by atoms with E-state index < -0.39 is 0 Å². The summed E-state index contributed by atoms with van der Waals surface area (Å²) in [7, 11) is 0. The van der Waals surface area contributed by atoms with Gasteiger partial charge in [-0.05, 0) is 12.1 Å². The van der Waals surface area contributed by atoms with Crippen LogP contribution in [0.5, 0.6) is 0 Å². The predicted octanol–water partition coefficient (Wildman–Crippen LogP) is 4.49. The minimum absolute atomic E-state index is 0.361. The molecule has 0 amide bonds. The summed E-state index contributed by atoms with van der Waals surface area (Å²) in [6, 6.07) is 3.55. The van der Waals surface area contributed by atoms with Crippen molar-refractivity contribution in [2.75, 3.05) is 0 Å². The summed E-state index contributed by atoms with van der Waals surface area (Å²) in [5.41, 5.74) is 0.834. The molecule has 0 N–H and O–H groups in total. The van der Waals surface area contributed by atoms with Gasteiger partial charge in [-0.3, -0.25) is 0 Å². The van der Waals surface area contributed by atoms with Gasteiger partial charge in [0, 0.05) is 10.0 Å². The molecular formula is C7H4BrCl3. The van der Waals surface area contributed by atoms with E-state index in [4.69, 9.17) is 34.8 Å². The fourth-order valence-corrected chi connectivity index (χ4v) is 2.19. The summed E-state index contributed by atoms with van der Waals surface area (Å²) in [6.45, 7) is 0. The lowest BCUT2D eigenvalue weighted by molar-refractivity contribution is 1.37.